The molecule has 1 saturated heterocycles. The van der Waals surface area contributed by atoms with Crippen molar-refractivity contribution in [3.05, 3.63) is 46.4 Å². The van der Waals surface area contributed by atoms with E-state index in [-0.39, 0.29) is 24.0 Å². The standard InChI is InChI=1S/C21H31N5O2S2.HI/c1-3-18-15-23-20(29-18)16-25-21(22-4-2)24-14-17-10-12-26(13-11-17)30(27,28)19-8-6-5-7-9-19;/h5-9,15,17H,3-4,10-14,16H2,1-2H3,(H2,22,24,25);1H. The first-order valence-electron chi connectivity index (χ1n) is 10.5. The Kier molecular flexibility index (Phi) is 10.7. The zero-order valence-corrected chi connectivity index (χ0v) is 22.0. The third-order valence-corrected chi connectivity index (χ3v) is 8.22. The van der Waals surface area contributed by atoms with Gasteiger partial charge in [-0.05, 0) is 44.2 Å². The molecule has 3 rings (SSSR count). The van der Waals surface area contributed by atoms with Crippen LogP contribution in [0.25, 0.3) is 0 Å². The molecule has 0 spiro atoms. The number of benzene rings is 1. The van der Waals surface area contributed by atoms with E-state index >= 15 is 0 Å². The summed E-state index contributed by atoms with van der Waals surface area (Å²) in [6.07, 6.45) is 4.60. The van der Waals surface area contributed by atoms with Crippen LogP contribution in [-0.2, 0) is 23.0 Å². The van der Waals surface area contributed by atoms with Gasteiger partial charge in [0, 0.05) is 37.3 Å². The summed E-state index contributed by atoms with van der Waals surface area (Å²) in [7, 11) is -3.39. The number of aryl methyl sites for hydroxylation is 1. The van der Waals surface area contributed by atoms with Gasteiger partial charge in [-0.15, -0.1) is 35.3 Å². The van der Waals surface area contributed by atoms with E-state index in [0.29, 0.717) is 30.4 Å². The minimum Gasteiger partial charge on any atom is -0.357 e. The van der Waals surface area contributed by atoms with E-state index in [1.54, 1.807) is 39.9 Å². The van der Waals surface area contributed by atoms with Crippen molar-refractivity contribution >= 4 is 51.3 Å². The summed E-state index contributed by atoms with van der Waals surface area (Å²) in [4.78, 5) is 10.7. The third-order valence-electron chi connectivity index (χ3n) is 5.18. The van der Waals surface area contributed by atoms with Crippen LogP contribution in [0.5, 0.6) is 0 Å². The van der Waals surface area contributed by atoms with E-state index in [1.165, 1.54) is 4.88 Å². The van der Waals surface area contributed by atoms with Crippen molar-refractivity contribution in [3.8, 4) is 0 Å². The molecule has 0 aliphatic carbocycles. The molecule has 0 amide bonds. The van der Waals surface area contributed by atoms with Crippen molar-refractivity contribution in [1.82, 2.24) is 19.9 Å². The maximum absolute atomic E-state index is 12.8. The summed E-state index contributed by atoms with van der Waals surface area (Å²) < 4.78 is 27.1. The number of thiazole rings is 1. The normalized spacial score (nSPS) is 16.0. The Bertz CT molecular complexity index is 926. The van der Waals surface area contributed by atoms with Crippen LogP contribution in [0, 0.1) is 5.92 Å². The molecule has 1 aliphatic heterocycles. The number of nitrogens with one attached hydrogen (secondary N) is 2. The van der Waals surface area contributed by atoms with E-state index in [1.807, 2.05) is 19.2 Å². The van der Waals surface area contributed by atoms with Crippen LogP contribution in [-0.4, -0.2) is 49.8 Å². The highest BCUT2D eigenvalue weighted by Gasteiger charge is 2.29. The average Bonchev–Trinajstić information content (AvgIpc) is 3.25. The van der Waals surface area contributed by atoms with Gasteiger partial charge < -0.3 is 10.6 Å². The number of sulfonamides is 1. The van der Waals surface area contributed by atoms with Gasteiger partial charge in [0.1, 0.15) is 5.01 Å². The molecule has 31 heavy (non-hydrogen) atoms. The van der Waals surface area contributed by atoms with Crippen molar-refractivity contribution in [1.29, 1.82) is 0 Å². The van der Waals surface area contributed by atoms with Gasteiger partial charge in [0.05, 0.1) is 11.4 Å². The van der Waals surface area contributed by atoms with Gasteiger partial charge >= 0.3 is 0 Å². The molecule has 1 aliphatic rings. The molecule has 0 bridgehead atoms. The second-order valence-corrected chi connectivity index (χ2v) is 10.4. The van der Waals surface area contributed by atoms with Crippen LogP contribution < -0.4 is 10.6 Å². The Morgan fingerprint density at radius 3 is 2.52 bits per heavy atom. The lowest BCUT2D eigenvalue weighted by atomic mass is 9.98. The molecule has 0 saturated carbocycles. The van der Waals surface area contributed by atoms with Crippen LogP contribution >= 0.6 is 35.3 Å². The lowest BCUT2D eigenvalue weighted by molar-refractivity contribution is 0.273. The number of aliphatic imine (C=N–C) groups is 1. The molecule has 2 heterocycles. The fourth-order valence-corrected chi connectivity index (χ4v) is 5.69. The quantitative estimate of drug-likeness (QED) is 0.285. The smallest absolute Gasteiger partial charge is 0.243 e. The number of aromatic nitrogens is 1. The van der Waals surface area contributed by atoms with Crippen molar-refractivity contribution in [2.45, 2.75) is 44.6 Å². The third kappa shape index (κ3) is 7.40. The highest BCUT2D eigenvalue weighted by Crippen LogP contribution is 2.23. The number of nitrogens with zero attached hydrogens (tertiary/aromatic N) is 3. The summed E-state index contributed by atoms with van der Waals surface area (Å²) in [5.41, 5.74) is 0. The summed E-state index contributed by atoms with van der Waals surface area (Å²) >= 11 is 1.70. The van der Waals surface area contributed by atoms with Crippen LogP contribution in [0.4, 0.5) is 0 Å². The molecule has 0 unspecified atom stereocenters. The summed E-state index contributed by atoms with van der Waals surface area (Å²) in [6.45, 7) is 7.41. The Balaban J connectivity index is 0.00000341. The van der Waals surface area contributed by atoms with Gasteiger partial charge in [0.15, 0.2) is 5.96 Å². The molecule has 0 atom stereocenters. The first-order valence-corrected chi connectivity index (χ1v) is 12.8. The second kappa shape index (κ2) is 12.7. The topological polar surface area (TPSA) is 86.7 Å². The largest absolute Gasteiger partial charge is 0.357 e. The van der Waals surface area contributed by atoms with Crippen LogP contribution in [0.15, 0.2) is 46.4 Å². The first-order chi connectivity index (χ1) is 14.5. The number of rotatable bonds is 8. The van der Waals surface area contributed by atoms with E-state index in [4.69, 9.17) is 0 Å². The average molecular weight is 578 g/mol. The molecule has 0 radical (unpaired) electrons. The van der Waals surface area contributed by atoms with Gasteiger partial charge in [-0.1, -0.05) is 25.1 Å². The maximum Gasteiger partial charge on any atom is 0.243 e. The van der Waals surface area contributed by atoms with Gasteiger partial charge in [-0.25, -0.2) is 18.4 Å². The molecule has 172 valence electrons. The van der Waals surface area contributed by atoms with Crippen LogP contribution in [0.3, 0.4) is 0 Å². The Labute approximate surface area is 206 Å². The van der Waals surface area contributed by atoms with Crippen LogP contribution in [0.1, 0.15) is 36.6 Å². The fourth-order valence-electron chi connectivity index (χ4n) is 3.41. The number of hydrogen-bond acceptors (Lipinski definition) is 5. The predicted molar refractivity (Wildman–Crippen MR) is 138 cm³/mol. The zero-order valence-electron chi connectivity index (χ0n) is 18.1. The molecular formula is C21H32IN5O2S2. The molecular weight excluding hydrogens is 545 g/mol. The van der Waals surface area contributed by atoms with Crippen molar-refractivity contribution in [2.75, 3.05) is 26.2 Å². The van der Waals surface area contributed by atoms with Gasteiger partial charge in [0.2, 0.25) is 10.0 Å². The molecule has 1 aromatic carbocycles. The van der Waals surface area contributed by atoms with Crippen molar-refractivity contribution in [3.63, 3.8) is 0 Å². The van der Waals surface area contributed by atoms with Crippen LogP contribution in [0.2, 0.25) is 0 Å². The second-order valence-electron chi connectivity index (χ2n) is 7.31. The Morgan fingerprint density at radius 1 is 1.19 bits per heavy atom. The number of guanidine groups is 1. The highest BCUT2D eigenvalue weighted by atomic mass is 127. The van der Waals surface area contributed by atoms with E-state index in [0.717, 1.165) is 43.3 Å². The Hall–Kier alpha value is -1.24. The Morgan fingerprint density at radius 2 is 1.90 bits per heavy atom. The summed E-state index contributed by atoms with van der Waals surface area (Å²) in [5.74, 6) is 1.20. The predicted octanol–water partition coefficient (Wildman–Crippen LogP) is 3.48. The monoisotopic (exact) mass is 577 g/mol. The number of hydrogen-bond donors (Lipinski definition) is 2. The zero-order chi connectivity index (χ0) is 21.4. The highest BCUT2D eigenvalue weighted by molar-refractivity contribution is 14.0. The van der Waals surface area contributed by atoms with Gasteiger partial charge in [-0.2, -0.15) is 4.31 Å². The molecule has 1 aromatic heterocycles. The van der Waals surface area contributed by atoms with E-state index in [9.17, 15) is 8.42 Å². The molecule has 1 fully saturated rings. The SMILES string of the molecule is CCNC(=NCc1ncc(CC)s1)NCC1CCN(S(=O)(=O)c2ccccc2)CC1.I. The van der Waals surface area contributed by atoms with Crippen molar-refractivity contribution in [2.24, 2.45) is 10.9 Å². The fraction of sp³-hybridized carbons (Fsp3) is 0.524. The van der Waals surface area contributed by atoms with E-state index in [2.05, 4.69) is 27.5 Å². The lowest BCUT2D eigenvalue weighted by Crippen LogP contribution is -2.44. The van der Waals surface area contributed by atoms with E-state index < -0.39 is 10.0 Å². The van der Waals surface area contributed by atoms with Crippen molar-refractivity contribution < 1.29 is 8.42 Å². The number of piperidine rings is 1. The minimum absolute atomic E-state index is 0. The molecule has 10 heteroatoms. The maximum atomic E-state index is 12.8. The molecule has 7 nitrogen and oxygen atoms in total. The molecule has 2 N–H and O–H groups in total. The first kappa shape index (κ1) is 26.0. The molecule has 2 aromatic rings. The summed E-state index contributed by atoms with van der Waals surface area (Å²) in [5, 5.41) is 7.71. The van der Waals surface area contributed by atoms with Gasteiger partial charge in [-0.3, -0.25) is 0 Å². The minimum atomic E-state index is -3.39. The number of halogens is 1. The van der Waals surface area contributed by atoms with Gasteiger partial charge in [0.25, 0.3) is 0 Å². The lowest BCUT2D eigenvalue weighted by Gasteiger charge is -2.31. The summed E-state index contributed by atoms with van der Waals surface area (Å²) in [6, 6.07) is 8.68.